The first-order valence-corrected chi connectivity index (χ1v) is 7.79. The number of benzene rings is 2. The van der Waals surface area contributed by atoms with Crippen molar-refractivity contribution >= 4 is 16.5 Å². The number of nitrogens with two attached hydrogens (primary N) is 1. The van der Waals surface area contributed by atoms with E-state index in [4.69, 9.17) is 5.73 Å². The first-order chi connectivity index (χ1) is 9.15. The minimum Gasteiger partial charge on any atom is -0.398 e. The van der Waals surface area contributed by atoms with Crippen molar-refractivity contribution in [2.75, 3.05) is 11.5 Å². The predicted octanol–water partition coefficient (Wildman–Crippen LogP) is 3.02. The molecule has 19 heavy (non-hydrogen) atoms. The quantitative estimate of drug-likeness (QED) is 0.872. The number of hydrogen-bond acceptors (Lipinski definition) is 2. The molecule has 0 amide bonds. The van der Waals surface area contributed by atoms with Crippen molar-refractivity contribution in [3.63, 3.8) is 0 Å². The third-order valence-corrected chi connectivity index (χ3v) is 5.28. The van der Waals surface area contributed by atoms with Crippen LogP contribution >= 0.6 is 0 Å². The van der Waals surface area contributed by atoms with Crippen LogP contribution in [-0.2, 0) is 17.2 Å². The maximum atomic E-state index is 12.5. The van der Waals surface area contributed by atoms with Gasteiger partial charge in [-0.2, -0.15) is 0 Å². The van der Waals surface area contributed by atoms with Crippen LogP contribution in [0, 0.1) is 6.92 Å². The minimum atomic E-state index is -1.02. The monoisotopic (exact) mass is 271 g/mol. The second kappa shape index (κ2) is 4.82. The van der Waals surface area contributed by atoms with Gasteiger partial charge in [0.1, 0.15) is 0 Å². The fraction of sp³-hybridized carbons (Fsp3) is 0.250. The van der Waals surface area contributed by atoms with Crippen LogP contribution in [0.15, 0.2) is 47.4 Å². The van der Waals surface area contributed by atoms with Crippen molar-refractivity contribution in [2.45, 2.75) is 24.2 Å². The Balaban J connectivity index is 1.79. The Bertz CT molecular complexity index is 651. The van der Waals surface area contributed by atoms with Crippen LogP contribution in [0.25, 0.3) is 0 Å². The molecule has 3 rings (SSSR count). The second-order valence-electron chi connectivity index (χ2n) is 5.15. The summed E-state index contributed by atoms with van der Waals surface area (Å²) in [5.74, 6) is 1.09. The van der Waals surface area contributed by atoms with Gasteiger partial charge in [0, 0.05) is 17.4 Å². The van der Waals surface area contributed by atoms with E-state index in [1.54, 1.807) is 0 Å². The Kier molecular flexibility index (Phi) is 3.15. The second-order valence-corrected chi connectivity index (χ2v) is 6.62. The molecule has 0 bridgehead atoms. The van der Waals surface area contributed by atoms with Gasteiger partial charge >= 0.3 is 0 Å². The standard InChI is InChI=1S/C16H17NOS/c1-11-6-7-15(17)16(8-11)19(18)10-13-9-12-4-2-3-5-14(12)13/h2-8,13H,9-10,17H2,1H3. The highest BCUT2D eigenvalue weighted by atomic mass is 32.2. The number of hydrogen-bond donors (Lipinski definition) is 1. The highest BCUT2D eigenvalue weighted by molar-refractivity contribution is 7.85. The summed E-state index contributed by atoms with van der Waals surface area (Å²) >= 11 is 0. The average Bonchev–Trinajstić information content (AvgIpc) is 2.38. The summed E-state index contributed by atoms with van der Waals surface area (Å²) < 4.78 is 12.5. The molecule has 1 aliphatic carbocycles. The Morgan fingerprint density at radius 2 is 2.05 bits per heavy atom. The number of aryl methyl sites for hydroxylation is 1. The van der Waals surface area contributed by atoms with Gasteiger partial charge in [-0.25, -0.2) is 0 Å². The lowest BCUT2D eigenvalue weighted by molar-refractivity contribution is 0.645. The molecule has 0 aliphatic heterocycles. The van der Waals surface area contributed by atoms with Crippen LogP contribution in [0.1, 0.15) is 22.6 Å². The van der Waals surface area contributed by atoms with Crippen molar-refractivity contribution in [3.05, 3.63) is 59.2 Å². The van der Waals surface area contributed by atoms with Crippen LogP contribution in [0.5, 0.6) is 0 Å². The molecule has 0 aromatic heterocycles. The summed E-state index contributed by atoms with van der Waals surface area (Å²) in [5.41, 5.74) is 10.4. The zero-order valence-corrected chi connectivity index (χ0v) is 11.7. The van der Waals surface area contributed by atoms with Gasteiger partial charge < -0.3 is 5.73 Å². The molecule has 0 radical (unpaired) electrons. The van der Waals surface area contributed by atoms with E-state index < -0.39 is 10.8 Å². The smallest absolute Gasteiger partial charge is 0.0620 e. The van der Waals surface area contributed by atoms with Gasteiger partial charge in [-0.05, 0) is 42.2 Å². The van der Waals surface area contributed by atoms with E-state index in [0.29, 0.717) is 17.4 Å². The Hall–Kier alpha value is -1.61. The molecule has 2 aromatic rings. The largest absolute Gasteiger partial charge is 0.398 e. The third kappa shape index (κ3) is 2.30. The lowest BCUT2D eigenvalue weighted by Gasteiger charge is -2.29. The van der Waals surface area contributed by atoms with Gasteiger partial charge in [0.2, 0.25) is 0 Å². The van der Waals surface area contributed by atoms with Crippen LogP contribution in [-0.4, -0.2) is 9.96 Å². The van der Waals surface area contributed by atoms with E-state index in [1.807, 2.05) is 25.1 Å². The molecule has 2 nitrogen and oxygen atoms in total. The number of fused-ring (bicyclic) bond motifs is 1. The average molecular weight is 271 g/mol. The zero-order valence-electron chi connectivity index (χ0n) is 10.9. The molecule has 3 heteroatoms. The highest BCUT2D eigenvalue weighted by Gasteiger charge is 2.27. The fourth-order valence-corrected chi connectivity index (χ4v) is 4.11. The molecule has 98 valence electrons. The Morgan fingerprint density at radius 3 is 2.84 bits per heavy atom. The summed E-state index contributed by atoms with van der Waals surface area (Å²) in [6, 6.07) is 14.1. The van der Waals surface area contributed by atoms with Gasteiger partial charge in [-0.15, -0.1) is 0 Å². The maximum Gasteiger partial charge on any atom is 0.0620 e. The zero-order chi connectivity index (χ0) is 13.4. The molecule has 2 atom stereocenters. The predicted molar refractivity (Wildman–Crippen MR) is 79.8 cm³/mol. The van der Waals surface area contributed by atoms with Crippen LogP contribution < -0.4 is 5.73 Å². The Labute approximate surface area is 116 Å². The summed E-state index contributed by atoms with van der Waals surface area (Å²) in [5, 5.41) is 0. The van der Waals surface area contributed by atoms with E-state index in [-0.39, 0.29) is 0 Å². The summed E-state index contributed by atoms with van der Waals surface area (Å²) in [6.07, 6.45) is 1.04. The molecular formula is C16H17NOS. The van der Waals surface area contributed by atoms with Gasteiger partial charge in [0.05, 0.1) is 15.7 Å². The molecule has 0 heterocycles. The third-order valence-electron chi connectivity index (χ3n) is 3.73. The first-order valence-electron chi connectivity index (χ1n) is 6.47. The van der Waals surface area contributed by atoms with Crippen LogP contribution in [0.4, 0.5) is 5.69 Å². The maximum absolute atomic E-state index is 12.5. The molecule has 2 aromatic carbocycles. The number of anilines is 1. The highest BCUT2D eigenvalue weighted by Crippen LogP contribution is 2.36. The molecule has 2 N–H and O–H groups in total. The first kappa shape index (κ1) is 12.4. The van der Waals surface area contributed by atoms with E-state index >= 15 is 0 Å². The number of rotatable bonds is 3. The van der Waals surface area contributed by atoms with Gasteiger partial charge in [-0.3, -0.25) is 4.21 Å². The van der Waals surface area contributed by atoms with E-state index in [0.717, 1.165) is 16.9 Å². The summed E-state index contributed by atoms with van der Waals surface area (Å²) in [7, 11) is -1.02. The van der Waals surface area contributed by atoms with E-state index in [9.17, 15) is 4.21 Å². The SMILES string of the molecule is Cc1ccc(N)c(S(=O)CC2Cc3ccccc32)c1. The lowest BCUT2D eigenvalue weighted by atomic mass is 9.79. The summed E-state index contributed by atoms with van der Waals surface area (Å²) in [4.78, 5) is 0.782. The van der Waals surface area contributed by atoms with Crippen LogP contribution in [0.2, 0.25) is 0 Å². The molecule has 0 spiro atoms. The van der Waals surface area contributed by atoms with E-state index in [2.05, 4.69) is 24.3 Å². The number of nitrogen functional groups attached to an aromatic ring is 1. The normalized spacial score (nSPS) is 18.5. The lowest BCUT2D eigenvalue weighted by Crippen LogP contribution is -2.22. The topological polar surface area (TPSA) is 43.1 Å². The van der Waals surface area contributed by atoms with Crippen molar-refractivity contribution < 1.29 is 4.21 Å². The van der Waals surface area contributed by atoms with Crippen molar-refractivity contribution in [1.82, 2.24) is 0 Å². The van der Waals surface area contributed by atoms with Crippen LogP contribution in [0.3, 0.4) is 0 Å². The fourth-order valence-electron chi connectivity index (χ4n) is 2.62. The van der Waals surface area contributed by atoms with Gasteiger partial charge in [0.15, 0.2) is 0 Å². The molecule has 0 saturated carbocycles. The van der Waals surface area contributed by atoms with Crippen molar-refractivity contribution in [3.8, 4) is 0 Å². The van der Waals surface area contributed by atoms with E-state index in [1.165, 1.54) is 11.1 Å². The molecule has 0 fully saturated rings. The molecular weight excluding hydrogens is 254 g/mol. The molecule has 1 aliphatic rings. The molecule has 0 saturated heterocycles. The van der Waals surface area contributed by atoms with Crippen molar-refractivity contribution in [2.24, 2.45) is 0 Å². The minimum absolute atomic E-state index is 0.414. The van der Waals surface area contributed by atoms with Gasteiger partial charge in [0.25, 0.3) is 0 Å². The summed E-state index contributed by atoms with van der Waals surface area (Å²) in [6.45, 7) is 2.00. The molecule has 2 unspecified atom stereocenters. The van der Waals surface area contributed by atoms with Gasteiger partial charge in [-0.1, -0.05) is 30.3 Å². The Morgan fingerprint density at radius 1 is 1.26 bits per heavy atom. The van der Waals surface area contributed by atoms with Crippen molar-refractivity contribution in [1.29, 1.82) is 0 Å².